The number of hydrogen-bond acceptors (Lipinski definition) is 0. The fourth-order valence-corrected chi connectivity index (χ4v) is 1.16. The fourth-order valence-electron chi connectivity index (χ4n) is 1.16. The molecule has 0 bridgehead atoms. The van der Waals surface area contributed by atoms with E-state index in [-0.39, 0.29) is 0 Å². The summed E-state index contributed by atoms with van der Waals surface area (Å²) in [4.78, 5) is 0. The van der Waals surface area contributed by atoms with Crippen LogP contribution in [0.25, 0.3) is 5.47 Å². The molecule has 0 aliphatic carbocycles. The van der Waals surface area contributed by atoms with Gasteiger partial charge in [-0.25, -0.2) is 0 Å². The predicted octanol–water partition coefficient (Wildman–Crippen LogP) is 3.24. The lowest BCUT2D eigenvalue weighted by molar-refractivity contribution is 0.774. The molecule has 1 heteroatoms. The molecule has 0 saturated carbocycles. The SMILES string of the molecule is [B]/C(=C(/C)C(C)C)c1ccccc1. The zero-order valence-corrected chi connectivity index (χ0v) is 8.54. The van der Waals surface area contributed by atoms with Gasteiger partial charge in [0.2, 0.25) is 0 Å². The normalized spacial score (nSPS) is 12.9. The number of rotatable bonds is 2. The van der Waals surface area contributed by atoms with Crippen LogP contribution in [-0.2, 0) is 0 Å². The molecule has 1 rings (SSSR count). The molecule has 0 aliphatic heterocycles. The Kier molecular flexibility index (Phi) is 3.35. The summed E-state index contributed by atoms with van der Waals surface area (Å²) >= 11 is 0. The Balaban J connectivity index is 3.03. The molecule has 0 amide bonds. The van der Waals surface area contributed by atoms with Crippen LogP contribution in [0.5, 0.6) is 0 Å². The van der Waals surface area contributed by atoms with Gasteiger partial charge in [-0.1, -0.05) is 55.2 Å². The van der Waals surface area contributed by atoms with E-state index in [1.54, 1.807) is 0 Å². The molecule has 0 heterocycles. The smallest absolute Gasteiger partial charge is 0.0904 e. The van der Waals surface area contributed by atoms with Crippen molar-refractivity contribution in [3.8, 4) is 0 Å². The molecule has 1 aromatic rings. The third-order valence-electron chi connectivity index (χ3n) is 2.38. The molecule has 13 heavy (non-hydrogen) atoms. The first-order chi connectivity index (χ1) is 6.13. The molecule has 0 aliphatic rings. The minimum Gasteiger partial charge on any atom is -0.0904 e. The molecule has 0 saturated heterocycles. The van der Waals surface area contributed by atoms with Gasteiger partial charge in [0.25, 0.3) is 0 Å². The van der Waals surface area contributed by atoms with Gasteiger partial charge in [0.1, 0.15) is 7.85 Å². The largest absolute Gasteiger partial charge is 0.114 e. The molecular weight excluding hydrogens is 155 g/mol. The van der Waals surface area contributed by atoms with Crippen LogP contribution in [0.1, 0.15) is 26.3 Å². The van der Waals surface area contributed by atoms with Gasteiger partial charge in [-0.05, 0) is 18.4 Å². The third-order valence-corrected chi connectivity index (χ3v) is 2.38. The van der Waals surface area contributed by atoms with Crippen molar-refractivity contribution in [2.75, 3.05) is 0 Å². The lowest BCUT2D eigenvalue weighted by atomic mass is 9.81. The summed E-state index contributed by atoms with van der Waals surface area (Å²) in [5.74, 6) is 0.514. The summed E-state index contributed by atoms with van der Waals surface area (Å²) in [6.45, 7) is 6.41. The first-order valence-electron chi connectivity index (χ1n) is 4.64. The summed E-state index contributed by atoms with van der Waals surface area (Å²) in [6.07, 6.45) is 0. The Labute approximate surface area is 82.1 Å². The van der Waals surface area contributed by atoms with Crippen LogP contribution >= 0.6 is 0 Å². The second kappa shape index (κ2) is 4.31. The minimum absolute atomic E-state index is 0.514. The van der Waals surface area contributed by atoms with Gasteiger partial charge < -0.3 is 0 Å². The molecule has 0 aromatic heterocycles. The van der Waals surface area contributed by atoms with Crippen molar-refractivity contribution < 1.29 is 0 Å². The van der Waals surface area contributed by atoms with Gasteiger partial charge in [-0.2, -0.15) is 0 Å². The maximum Gasteiger partial charge on any atom is 0.114 e. The first kappa shape index (κ1) is 10.1. The molecular formula is C12H15B. The van der Waals surface area contributed by atoms with E-state index in [0.717, 1.165) is 11.0 Å². The van der Waals surface area contributed by atoms with E-state index >= 15 is 0 Å². The topological polar surface area (TPSA) is 0 Å². The van der Waals surface area contributed by atoms with Crippen molar-refractivity contribution in [1.29, 1.82) is 0 Å². The van der Waals surface area contributed by atoms with Gasteiger partial charge >= 0.3 is 0 Å². The highest BCUT2D eigenvalue weighted by molar-refractivity contribution is 6.42. The van der Waals surface area contributed by atoms with Crippen molar-refractivity contribution in [3.63, 3.8) is 0 Å². The zero-order chi connectivity index (χ0) is 9.84. The van der Waals surface area contributed by atoms with Crippen molar-refractivity contribution in [3.05, 3.63) is 41.5 Å². The van der Waals surface area contributed by atoms with Gasteiger partial charge in [0.05, 0.1) is 0 Å². The minimum atomic E-state index is 0.514. The maximum atomic E-state index is 6.02. The average molecular weight is 170 g/mol. The van der Waals surface area contributed by atoms with Crippen LogP contribution in [0.15, 0.2) is 35.9 Å². The lowest BCUT2D eigenvalue weighted by Crippen LogP contribution is -1.95. The highest BCUT2D eigenvalue weighted by Crippen LogP contribution is 2.20. The lowest BCUT2D eigenvalue weighted by Gasteiger charge is -2.11. The molecule has 0 spiro atoms. The summed E-state index contributed by atoms with van der Waals surface area (Å²) in [7, 11) is 6.02. The summed E-state index contributed by atoms with van der Waals surface area (Å²) in [6, 6.07) is 10.1. The second-order valence-corrected chi connectivity index (χ2v) is 3.62. The predicted molar refractivity (Wildman–Crippen MR) is 59.6 cm³/mol. The summed E-state index contributed by atoms with van der Waals surface area (Å²) in [5.41, 5.74) is 3.29. The summed E-state index contributed by atoms with van der Waals surface area (Å²) < 4.78 is 0. The van der Waals surface area contributed by atoms with Crippen LogP contribution in [0, 0.1) is 5.92 Å². The summed E-state index contributed by atoms with van der Waals surface area (Å²) in [5, 5.41) is 0. The van der Waals surface area contributed by atoms with Crippen molar-refractivity contribution >= 4 is 13.3 Å². The maximum absolute atomic E-state index is 6.02. The van der Waals surface area contributed by atoms with Crippen LogP contribution in [-0.4, -0.2) is 7.85 Å². The second-order valence-electron chi connectivity index (χ2n) is 3.62. The van der Waals surface area contributed by atoms with Crippen molar-refractivity contribution in [1.82, 2.24) is 0 Å². The molecule has 0 unspecified atom stereocenters. The highest BCUT2D eigenvalue weighted by atomic mass is 14.0. The first-order valence-corrected chi connectivity index (χ1v) is 4.64. The van der Waals surface area contributed by atoms with E-state index in [2.05, 4.69) is 20.8 Å². The Morgan fingerprint density at radius 1 is 1.15 bits per heavy atom. The molecule has 0 atom stereocenters. The molecule has 0 N–H and O–H groups in total. The van der Waals surface area contributed by atoms with Crippen LogP contribution in [0.4, 0.5) is 0 Å². The van der Waals surface area contributed by atoms with E-state index in [0.29, 0.717) is 5.92 Å². The van der Waals surface area contributed by atoms with E-state index in [1.165, 1.54) is 5.57 Å². The molecule has 2 radical (unpaired) electrons. The van der Waals surface area contributed by atoms with E-state index < -0.39 is 0 Å². The number of benzene rings is 1. The monoisotopic (exact) mass is 170 g/mol. The van der Waals surface area contributed by atoms with Crippen molar-refractivity contribution in [2.24, 2.45) is 5.92 Å². The third kappa shape index (κ3) is 2.48. The van der Waals surface area contributed by atoms with Gasteiger partial charge in [0, 0.05) is 0 Å². The average Bonchev–Trinajstić information content (AvgIpc) is 2.17. The standard InChI is InChI=1S/C12H15B/c1-9(2)10(3)12(13)11-7-5-4-6-8-11/h4-9H,1-3H3/b12-10-. The van der Waals surface area contributed by atoms with Crippen molar-refractivity contribution in [2.45, 2.75) is 20.8 Å². The van der Waals surface area contributed by atoms with Gasteiger partial charge in [0.15, 0.2) is 0 Å². The van der Waals surface area contributed by atoms with Gasteiger partial charge in [-0.15, -0.1) is 0 Å². The number of allylic oxidation sites excluding steroid dienone is 1. The highest BCUT2D eigenvalue weighted by Gasteiger charge is 2.02. The molecule has 66 valence electrons. The quantitative estimate of drug-likeness (QED) is 0.597. The Morgan fingerprint density at radius 3 is 2.15 bits per heavy atom. The van der Waals surface area contributed by atoms with Crippen LogP contribution in [0.3, 0.4) is 0 Å². The molecule has 1 aromatic carbocycles. The molecule has 0 nitrogen and oxygen atoms in total. The number of hydrogen-bond donors (Lipinski definition) is 0. The van der Waals surface area contributed by atoms with E-state index in [4.69, 9.17) is 7.85 Å². The Hall–Kier alpha value is -0.975. The van der Waals surface area contributed by atoms with E-state index in [9.17, 15) is 0 Å². The van der Waals surface area contributed by atoms with Gasteiger partial charge in [-0.3, -0.25) is 0 Å². The fraction of sp³-hybridized carbons (Fsp3) is 0.333. The molecule has 0 fully saturated rings. The zero-order valence-electron chi connectivity index (χ0n) is 8.54. The van der Waals surface area contributed by atoms with E-state index in [1.807, 2.05) is 30.3 Å². The Bertz CT molecular complexity index is 296. The van der Waals surface area contributed by atoms with Crippen LogP contribution < -0.4 is 0 Å². The Morgan fingerprint density at radius 2 is 1.69 bits per heavy atom. The van der Waals surface area contributed by atoms with Crippen LogP contribution in [0.2, 0.25) is 0 Å².